The van der Waals surface area contributed by atoms with Gasteiger partial charge in [-0.15, -0.1) is 11.3 Å². The summed E-state index contributed by atoms with van der Waals surface area (Å²) in [5, 5.41) is 0.466. The molecule has 0 atom stereocenters. The number of halogens is 1. The summed E-state index contributed by atoms with van der Waals surface area (Å²) in [5.41, 5.74) is 2.51. The van der Waals surface area contributed by atoms with E-state index in [1.54, 1.807) is 18.1 Å². The predicted octanol–water partition coefficient (Wildman–Crippen LogP) is 6.26. The Kier molecular flexibility index (Phi) is 9.56. The summed E-state index contributed by atoms with van der Waals surface area (Å²) in [6.45, 7) is 3.33. The number of carbonyl (C=O) groups is 3. The van der Waals surface area contributed by atoms with Gasteiger partial charge in [0.15, 0.2) is 17.3 Å². The molecule has 1 amide bonds. The lowest BCUT2D eigenvalue weighted by Crippen LogP contribution is -2.24. The number of thiophene rings is 1. The van der Waals surface area contributed by atoms with E-state index in [1.807, 2.05) is 25.1 Å². The van der Waals surface area contributed by atoms with Crippen LogP contribution in [0.2, 0.25) is 0 Å². The fraction of sp³-hybridized carbons (Fsp3) is 0.433. The van der Waals surface area contributed by atoms with E-state index in [9.17, 15) is 14.4 Å². The van der Waals surface area contributed by atoms with Crippen LogP contribution in [0.1, 0.15) is 71.8 Å². The molecule has 9 heteroatoms. The van der Waals surface area contributed by atoms with Crippen molar-refractivity contribution in [3.8, 4) is 17.2 Å². The van der Waals surface area contributed by atoms with Gasteiger partial charge in [0.25, 0.3) is 0 Å². The van der Waals surface area contributed by atoms with Crippen molar-refractivity contribution in [1.29, 1.82) is 0 Å². The Labute approximate surface area is 231 Å². The van der Waals surface area contributed by atoms with Crippen molar-refractivity contribution in [2.24, 2.45) is 0 Å². The average Bonchev–Trinajstić information content (AvgIpc) is 3.56. The summed E-state index contributed by atoms with van der Waals surface area (Å²) in [4.78, 5) is 37.6. The zero-order valence-electron chi connectivity index (χ0n) is 22.6. The SMILES string of the molecule is CCCC(=O)c1cc2c(F)c(CCCCOc3cc4c(cc3OC)CN(C(=O)CCC=O)C4)c(OC)cc2s1. The lowest BCUT2D eigenvalue weighted by molar-refractivity contribution is -0.132. The van der Waals surface area contributed by atoms with Gasteiger partial charge in [-0.25, -0.2) is 4.39 Å². The lowest BCUT2D eigenvalue weighted by Gasteiger charge is -2.14. The summed E-state index contributed by atoms with van der Waals surface area (Å²) in [6.07, 6.45) is 4.23. The molecule has 1 aliphatic heterocycles. The standard InChI is InChI=1S/C30H34FNO6S/c1-4-8-23(34)28-15-22-27(39-28)16-24(36-2)21(30(22)31)9-5-6-12-38-26-14-20-18-32(29(35)10-7-11-33)17-19(20)13-25(26)37-3/h11,13-16H,4-10,12,17-18H2,1-3H3. The molecule has 3 aromatic rings. The Hall–Kier alpha value is -3.46. The minimum Gasteiger partial charge on any atom is -0.496 e. The maximum atomic E-state index is 15.5. The normalized spacial score (nSPS) is 12.5. The molecule has 1 aliphatic rings. The quantitative estimate of drug-likeness (QED) is 0.133. The second-order valence-electron chi connectivity index (χ2n) is 9.60. The number of hydrogen-bond donors (Lipinski definition) is 0. The van der Waals surface area contributed by atoms with Crippen LogP contribution in [0.25, 0.3) is 10.1 Å². The number of ether oxygens (including phenoxy) is 3. The van der Waals surface area contributed by atoms with Gasteiger partial charge in [-0.05, 0) is 61.1 Å². The van der Waals surface area contributed by atoms with Gasteiger partial charge in [-0.2, -0.15) is 0 Å². The molecule has 208 valence electrons. The number of nitrogens with zero attached hydrogens (tertiary/aromatic N) is 1. The molecule has 0 saturated heterocycles. The number of amides is 1. The van der Waals surface area contributed by atoms with Crippen LogP contribution >= 0.6 is 11.3 Å². The van der Waals surface area contributed by atoms with Crippen LogP contribution in [-0.4, -0.2) is 43.7 Å². The van der Waals surface area contributed by atoms with Crippen molar-refractivity contribution in [3.05, 3.63) is 51.7 Å². The van der Waals surface area contributed by atoms with Crippen molar-refractivity contribution >= 4 is 39.4 Å². The van der Waals surface area contributed by atoms with E-state index in [2.05, 4.69) is 0 Å². The molecular formula is C30H34FNO6S. The van der Waals surface area contributed by atoms with Crippen LogP contribution in [0.15, 0.2) is 24.3 Å². The van der Waals surface area contributed by atoms with Crippen LogP contribution < -0.4 is 14.2 Å². The Morgan fingerprint density at radius 1 is 1.00 bits per heavy atom. The first-order valence-corrected chi connectivity index (χ1v) is 14.1. The molecule has 4 rings (SSSR count). The third kappa shape index (κ3) is 6.41. The number of aldehydes is 1. The first-order chi connectivity index (χ1) is 18.9. The third-order valence-electron chi connectivity index (χ3n) is 6.91. The van der Waals surface area contributed by atoms with E-state index in [1.165, 1.54) is 18.4 Å². The highest BCUT2D eigenvalue weighted by molar-refractivity contribution is 7.20. The summed E-state index contributed by atoms with van der Waals surface area (Å²) in [7, 11) is 3.11. The van der Waals surface area contributed by atoms with E-state index >= 15 is 4.39 Å². The second kappa shape index (κ2) is 13.1. The smallest absolute Gasteiger partial charge is 0.223 e. The van der Waals surface area contributed by atoms with Gasteiger partial charge in [0.05, 0.1) is 25.7 Å². The topological polar surface area (TPSA) is 82.1 Å². The summed E-state index contributed by atoms with van der Waals surface area (Å²) >= 11 is 1.31. The van der Waals surface area contributed by atoms with Crippen LogP contribution in [0.5, 0.6) is 17.2 Å². The van der Waals surface area contributed by atoms with E-state index in [4.69, 9.17) is 14.2 Å². The number of fused-ring (bicyclic) bond motifs is 2. The fourth-order valence-electron chi connectivity index (χ4n) is 4.84. The molecule has 2 heterocycles. The highest BCUT2D eigenvalue weighted by Gasteiger charge is 2.25. The molecule has 0 unspecified atom stereocenters. The number of methoxy groups -OCH3 is 2. The maximum absolute atomic E-state index is 15.5. The number of carbonyl (C=O) groups excluding carboxylic acids is 3. The summed E-state index contributed by atoms with van der Waals surface area (Å²) < 4.78 is 33.2. The Balaban J connectivity index is 1.37. The molecular weight excluding hydrogens is 521 g/mol. The Morgan fingerprint density at radius 3 is 2.38 bits per heavy atom. The van der Waals surface area contributed by atoms with Gasteiger partial charge >= 0.3 is 0 Å². The fourth-order valence-corrected chi connectivity index (χ4v) is 5.90. The molecule has 7 nitrogen and oxygen atoms in total. The number of ketones is 1. The Bertz CT molecular complexity index is 1370. The second-order valence-corrected chi connectivity index (χ2v) is 10.7. The third-order valence-corrected chi connectivity index (χ3v) is 8.03. The monoisotopic (exact) mass is 555 g/mol. The number of benzene rings is 2. The van der Waals surface area contributed by atoms with Crippen molar-refractivity contribution in [3.63, 3.8) is 0 Å². The van der Waals surface area contributed by atoms with Gasteiger partial charge in [0.2, 0.25) is 5.91 Å². The van der Waals surface area contributed by atoms with Gasteiger partial charge in [0.1, 0.15) is 17.9 Å². The van der Waals surface area contributed by atoms with Crippen molar-refractivity contribution in [2.75, 3.05) is 20.8 Å². The maximum Gasteiger partial charge on any atom is 0.223 e. The van der Waals surface area contributed by atoms with Crippen LogP contribution in [0.4, 0.5) is 4.39 Å². The van der Waals surface area contributed by atoms with E-state index in [0.29, 0.717) is 83.2 Å². The van der Waals surface area contributed by atoms with Crippen molar-refractivity contribution in [1.82, 2.24) is 4.90 Å². The lowest BCUT2D eigenvalue weighted by atomic mass is 10.0. The molecule has 2 aromatic carbocycles. The molecule has 1 aromatic heterocycles. The highest BCUT2D eigenvalue weighted by Crippen LogP contribution is 2.37. The first-order valence-electron chi connectivity index (χ1n) is 13.3. The number of rotatable bonds is 14. The molecule has 39 heavy (non-hydrogen) atoms. The number of hydrogen-bond acceptors (Lipinski definition) is 7. The zero-order valence-corrected chi connectivity index (χ0v) is 23.5. The van der Waals surface area contributed by atoms with Gasteiger partial charge < -0.3 is 23.9 Å². The molecule has 0 fully saturated rings. The molecule has 0 bridgehead atoms. The zero-order chi connectivity index (χ0) is 27.9. The minimum atomic E-state index is -0.329. The van der Waals surface area contributed by atoms with Crippen molar-refractivity contribution < 1.29 is 33.0 Å². The largest absolute Gasteiger partial charge is 0.496 e. The average molecular weight is 556 g/mol. The van der Waals surface area contributed by atoms with Crippen LogP contribution in [0, 0.1) is 5.82 Å². The summed E-state index contributed by atoms with van der Waals surface area (Å²) in [5.74, 6) is 1.35. The molecule has 0 spiro atoms. The highest BCUT2D eigenvalue weighted by atomic mass is 32.1. The van der Waals surface area contributed by atoms with Crippen molar-refractivity contribution in [2.45, 2.75) is 65.0 Å². The molecule has 0 aliphatic carbocycles. The molecule has 0 radical (unpaired) electrons. The molecule has 0 N–H and O–H groups in total. The van der Waals surface area contributed by atoms with Gasteiger partial charge in [-0.3, -0.25) is 9.59 Å². The van der Waals surface area contributed by atoms with E-state index in [0.717, 1.165) is 23.8 Å². The van der Waals surface area contributed by atoms with Gasteiger partial charge in [-0.1, -0.05) is 6.92 Å². The van der Waals surface area contributed by atoms with Crippen LogP contribution in [0.3, 0.4) is 0 Å². The number of Topliss-reactive ketones (excluding diaryl/α,β-unsaturated/α-hetero) is 1. The van der Waals surface area contributed by atoms with Gasteiger partial charge in [0, 0.05) is 48.0 Å². The van der Waals surface area contributed by atoms with E-state index < -0.39 is 0 Å². The minimum absolute atomic E-state index is 0.0370. The van der Waals surface area contributed by atoms with Crippen LogP contribution in [-0.2, 0) is 29.1 Å². The van der Waals surface area contributed by atoms with E-state index in [-0.39, 0.29) is 30.3 Å². The molecule has 0 saturated carbocycles. The number of unbranched alkanes of at least 4 members (excludes halogenated alkanes) is 1. The predicted molar refractivity (Wildman–Crippen MR) is 149 cm³/mol. The summed E-state index contributed by atoms with van der Waals surface area (Å²) in [6, 6.07) is 7.29. The first kappa shape index (κ1) is 28.5. The Morgan fingerprint density at radius 2 is 1.72 bits per heavy atom.